The summed E-state index contributed by atoms with van der Waals surface area (Å²) in [4.78, 5) is 26.5. The molecule has 1 unspecified atom stereocenters. The fourth-order valence-electron chi connectivity index (χ4n) is 1.60. The Morgan fingerprint density at radius 2 is 2.15 bits per heavy atom. The lowest BCUT2D eigenvalue weighted by atomic mass is 10.1. The average Bonchev–Trinajstić information content (AvgIpc) is 2.84. The lowest BCUT2D eigenvalue weighted by molar-refractivity contribution is -0.117. The van der Waals surface area contributed by atoms with Crippen LogP contribution in [0.3, 0.4) is 0 Å². The van der Waals surface area contributed by atoms with Crippen LogP contribution in [0.5, 0.6) is 0 Å². The summed E-state index contributed by atoms with van der Waals surface area (Å²) in [6, 6.07) is 0.417. The number of nitrogens with zero attached hydrogens (tertiary/aromatic N) is 3. The Morgan fingerprint density at radius 1 is 1.40 bits per heavy atom. The number of nitrogens with one attached hydrogen (secondary N) is 1. The van der Waals surface area contributed by atoms with E-state index >= 15 is 0 Å². The zero-order chi connectivity index (χ0) is 14.7. The van der Waals surface area contributed by atoms with Gasteiger partial charge in [-0.05, 0) is 6.07 Å². The van der Waals surface area contributed by atoms with E-state index in [9.17, 15) is 9.59 Å². The van der Waals surface area contributed by atoms with Crippen LogP contribution in [0.1, 0.15) is 22.0 Å². The van der Waals surface area contributed by atoms with Crippen molar-refractivity contribution in [2.45, 2.75) is 6.04 Å². The highest BCUT2D eigenvalue weighted by Gasteiger charge is 2.18. The molecule has 0 aliphatic heterocycles. The molecule has 1 amide bonds. The fourth-order valence-corrected chi connectivity index (χ4v) is 1.60. The van der Waals surface area contributed by atoms with Crippen LogP contribution >= 0.6 is 0 Å². The SMILES string of the molecule is Cn1cc(C(N)C(=O)Nc2cncc(C(=O)O)c2)cn1. The maximum Gasteiger partial charge on any atom is 0.337 e. The van der Waals surface area contributed by atoms with Gasteiger partial charge >= 0.3 is 5.97 Å². The Morgan fingerprint density at radius 3 is 2.75 bits per heavy atom. The van der Waals surface area contributed by atoms with Gasteiger partial charge in [-0.1, -0.05) is 0 Å². The summed E-state index contributed by atoms with van der Waals surface area (Å²) in [6.07, 6.45) is 5.67. The maximum atomic E-state index is 12.0. The summed E-state index contributed by atoms with van der Waals surface area (Å²) in [6.45, 7) is 0. The Labute approximate surface area is 114 Å². The lowest BCUT2D eigenvalue weighted by Gasteiger charge is -2.10. The van der Waals surface area contributed by atoms with Gasteiger partial charge in [0.15, 0.2) is 0 Å². The first-order chi connectivity index (χ1) is 9.47. The van der Waals surface area contributed by atoms with Gasteiger partial charge in [0.05, 0.1) is 23.6 Å². The van der Waals surface area contributed by atoms with Crippen molar-refractivity contribution in [3.05, 3.63) is 42.0 Å². The first kappa shape index (κ1) is 13.7. The third kappa shape index (κ3) is 2.98. The van der Waals surface area contributed by atoms with E-state index in [0.29, 0.717) is 5.56 Å². The van der Waals surface area contributed by atoms with Crippen molar-refractivity contribution in [3.8, 4) is 0 Å². The molecular formula is C12H13N5O3. The topological polar surface area (TPSA) is 123 Å². The summed E-state index contributed by atoms with van der Waals surface area (Å²) in [5.41, 5.74) is 6.61. The van der Waals surface area contributed by atoms with Crippen LogP contribution < -0.4 is 11.1 Å². The largest absolute Gasteiger partial charge is 0.478 e. The molecule has 0 bridgehead atoms. The van der Waals surface area contributed by atoms with Gasteiger partial charge in [0.1, 0.15) is 6.04 Å². The van der Waals surface area contributed by atoms with Gasteiger partial charge in [-0.25, -0.2) is 4.79 Å². The molecule has 2 rings (SSSR count). The number of hydrogen-bond acceptors (Lipinski definition) is 5. The molecule has 8 nitrogen and oxygen atoms in total. The highest BCUT2D eigenvalue weighted by Crippen LogP contribution is 2.13. The number of carboxylic acid groups (broad SMARTS) is 1. The summed E-state index contributed by atoms with van der Waals surface area (Å²) >= 11 is 0. The van der Waals surface area contributed by atoms with E-state index in [1.54, 1.807) is 13.2 Å². The van der Waals surface area contributed by atoms with Crippen LogP contribution in [0, 0.1) is 0 Å². The van der Waals surface area contributed by atoms with Crippen molar-refractivity contribution < 1.29 is 14.7 Å². The second-order valence-corrected chi connectivity index (χ2v) is 4.18. The second-order valence-electron chi connectivity index (χ2n) is 4.18. The van der Waals surface area contributed by atoms with E-state index in [1.165, 1.54) is 29.3 Å². The third-order valence-corrected chi connectivity index (χ3v) is 2.62. The highest BCUT2D eigenvalue weighted by molar-refractivity contribution is 5.96. The number of hydrogen-bond donors (Lipinski definition) is 3. The zero-order valence-corrected chi connectivity index (χ0v) is 10.6. The van der Waals surface area contributed by atoms with Crippen molar-refractivity contribution in [2.75, 3.05) is 5.32 Å². The normalized spacial score (nSPS) is 11.9. The van der Waals surface area contributed by atoms with Crippen LogP contribution in [0.2, 0.25) is 0 Å². The van der Waals surface area contributed by atoms with E-state index < -0.39 is 17.9 Å². The average molecular weight is 275 g/mol. The summed E-state index contributed by atoms with van der Waals surface area (Å²) in [5, 5.41) is 15.3. The van der Waals surface area contributed by atoms with E-state index in [-0.39, 0.29) is 11.3 Å². The van der Waals surface area contributed by atoms with Crippen molar-refractivity contribution in [1.82, 2.24) is 14.8 Å². The minimum absolute atomic E-state index is 0.0160. The Bertz CT molecular complexity index is 652. The van der Waals surface area contributed by atoms with Crippen LogP contribution in [-0.4, -0.2) is 31.7 Å². The molecule has 0 saturated carbocycles. The standard InChI is InChI=1S/C12H13N5O3/c1-17-6-8(4-15-17)10(13)11(18)16-9-2-7(12(19)20)3-14-5-9/h2-6,10H,13H2,1H3,(H,16,18)(H,19,20). The molecule has 0 fully saturated rings. The number of aromatic carboxylic acids is 1. The number of carbonyl (C=O) groups is 2. The van der Waals surface area contributed by atoms with Crippen LogP contribution in [0.25, 0.3) is 0 Å². The molecule has 2 heterocycles. The van der Waals surface area contributed by atoms with E-state index in [2.05, 4.69) is 15.4 Å². The van der Waals surface area contributed by atoms with Crippen LogP contribution in [0.15, 0.2) is 30.9 Å². The highest BCUT2D eigenvalue weighted by atomic mass is 16.4. The Balaban J connectivity index is 2.11. The molecule has 0 spiro atoms. The van der Waals surface area contributed by atoms with E-state index in [4.69, 9.17) is 10.8 Å². The number of carboxylic acids is 1. The molecule has 8 heteroatoms. The summed E-state index contributed by atoms with van der Waals surface area (Å²) < 4.78 is 1.54. The molecule has 4 N–H and O–H groups in total. The molecule has 0 aliphatic carbocycles. The molecule has 2 aromatic rings. The van der Waals surface area contributed by atoms with Gasteiger partial charge in [-0.15, -0.1) is 0 Å². The van der Waals surface area contributed by atoms with Crippen molar-refractivity contribution in [1.29, 1.82) is 0 Å². The molecule has 0 aliphatic rings. The number of anilines is 1. The second kappa shape index (κ2) is 5.49. The van der Waals surface area contributed by atoms with Gasteiger partial charge in [0.2, 0.25) is 5.91 Å². The number of pyridine rings is 1. The fraction of sp³-hybridized carbons (Fsp3) is 0.167. The minimum atomic E-state index is -1.12. The molecule has 0 radical (unpaired) electrons. The monoisotopic (exact) mass is 275 g/mol. The molecule has 20 heavy (non-hydrogen) atoms. The number of carbonyl (C=O) groups excluding carboxylic acids is 1. The number of aryl methyl sites for hydroxylation is 1. The molecular weight excluding hydrogens is 262 g/mol. The zero-order valence-electron chi connectivity index (χ0n) is 10.6. The molecule has 0 aromatic carbocycles. The molecule has 1 atom stereocenters. The van der Waals surface area contributed by atoms with Gasteiger partial charge in [0, 0.05) is 25.0 Å². The number of aromatic nitrogens is 3. The Kier molecular flexibility index (Phi) is 3.76. The third-order valence-electron chi connectivity index (χ3n) is 2.62. The first-order valence-electron chi connectivity index (χ1n) is 5.70. The van der Waals surface area contributed by atoms with E-state index in [0.717, 1.165) is 0 Å². The predicted molar refractivity (Wildman–Crippen MR) is 70.0 cm³/mol. The Hall–Kier alpha value is -2.74. The smallest absolute Gasteiger partial charge is 0.337 e. The van der Waals surface area contributed by atoms with Crippen LogP contribution in [-0.2, 0) is 11.8 Å². The van der Waals surface area contributed by atoms with Crippen molar-refractivity contribution in [3.63, 3.8) is 0 Å². The number of amides is 1. The van der Waals surface area contributed by atoms with E-state index in [1.807, 2.05) is 0 Å². The predicted octanol–water partition coefficient (Wildman–Crippen LogP) is 0.152. The summed E-state index contributed by atoms with van der Waals surface area (Å²) in [5.74, 6) is -1.59. The lowest BCUT2D eigenvalue weighted by Crippen LogP contribution is -2.27. The molecule has 104 valence electrons. The maximum absolute atomic E-state index is 12.0. The van der Waals surface area contributed by atoms with Gasteiger partial charge in [-0.3, -0.25) is 14.5 Å². The molecule has 0 saturated heterocycles. The number of nitrogens with two attached hydrogens (primary N) is 1. The van der Waals surface area contributed by atoms with Gasteiger partial charge < -0.3 is 16.2 Å². The van der Waals surface area contributed by atoms with Crippen LogP contribution in [0.4, 0.5) is 5.69 Å². The summed E-state index contributed by atoms with van der Waals surface area (Å²) in [7, 11) is 1.72. The van der Waals surface area contributed by atoms with Crippen molar-refractivity contribution >= 4 is 17.6 Å². The quantitative estimate of drug-likeness (QED) is 0.730. The molecule has 2 aromatic heterocycles. The van der Waals surface area contributed by atoms with Gasteiger partial charge in [0.25, 0.3) is 0 Å². The van der Waals surface area contributed by atoms with Crippen molar-refractivity contribution in [2.24, 2.45) is 12.8 Å². The minimum Gasteiger partial charge on any atom is -0.478 e. The number of rotatable bonds is 4. The van der Waals surface area contributed by atoms with Gasteiger partial charge in [-0.2, -0.15) is 5.10 Å². The first-order valence-corrected chi connectivity index (χ1v) is 5.70.